The van der Waals surface area contributed by atoms with E-state index in [1.807, 2.05) is 13.0 Å². The van der Waals surface area contributed by atoms with E-state index in [0.717, 1.165) is 15.6 Å². The van der Waals surface area contributed by atoms with Gasteiger partial charge in [0.15, 0.2) is 10.8 Å². The second-order valence-electron chi connectivity index (χ2n) is 4.76. The Morgan fingerprint density at radius 1 is 1.26 bits per heavy atom. The zero-order valence-corrected chi connectivity index (χ0v) is 14.5. The molecule has 0 atom stereocenters. The second kappa shape index (κ2) is 6.45. The van der Waals surface area contributed by atoms with Gasteiger partial charge in [-0.05, 0) is 31.2 Å². The van der Waals surface area contributed by atoms with Crippen LogP contribution in [-0.4, -0.2) is 13.4 Å². The highest BCUT2D eigenvalue weighted by Crippen LogP contribution is 2.28. The smallest absolute Gasteiger partial charge is 0.242 e. The van der Waals surface area contributed by atoms with Crippen molar-refractivity contribution in [2.45, 2.75) is 18.4 Å². The fraction of sp³-hybridized carbons (Fsp3) is 0.133. The van der Waals surface area contributed by atoms with E-state index in [-0.39, 0.29) is 16.5 Å². The second-order valence-corrected chi connectivity index (χ2v) is 7.99. The van der Waals surface area contributed by atoms with Gasteiger partial charge in [-0.2, -0.15) is 0 Å². The van der Waals surface area contributed by atoms with Crippen molar-refractivity contribution in [3.8, 4) is 10.8 Å². The van der Waals surface area contributed by atoms with Crippen LogP contribution in [0.3, 0.4) is 0 Å². The van der Waals surface area contributed by atoms with Gasteiger partial charge in [0.05, 0.1) is 17.0 Å². The number of hydrogen-bond donors (Lipinski definition) is 1. The zero-order chi connectivity index (χ0) is 16.4. The first-order valence-electron chi connectivity index (χ1n) is 6.72. The molecule has 0 aliphatic rings. The van der Waals surface area contributed by atoms with E-state index >= 15 is 0 Å². The molecule has 0 amide bonds. The van der Waals surface area contributed by atoms with Gasteiger partial charge in [0.1, 0.15) is 4.90 Å². The molecule has 0 saturated carbocycles. The van der Waals surface area contributed by atoms with Crippen molar-refractivity contribution in [2.24, 2.45) is 0 Å². The van der Waals surface area contributed by atoms with Crippen LogP contribution in [0.1, 0.15) is 10.6 Å². The minimum absolute atomic E-state index is 0.0649. The molecule has 2 aromatic heterocycles. The normalized spacial score (nSPS) is 11.7. The maximum atomic E-state index is 12.3. The van der Waals surface area contributed by atoms with E-state index in [0.29, 0.717) is 5.76 Å². The average Bonchev–Trinajstić information content (AvgIpc) is 3.15. The maximum absolute atomic E-state index is 12.3. The molecule has 0 aliphatic heterocycles. The summed E-state index contributed by atoms with van der Waals surface area (Å²) in [4.78, 5) is 5.30. The van der Waals surface area contributed by atoms with Crippen LogP contribution in [0.25, 0.3) is 10.8 Å². The van der Waals surface area contributed by atoms with Crippen LogP contribution in [0.5, 0.6) is 0 Å². The highest BCUT2D eigenvalue weighted by molar-refractivity contribution is 7.89. The summed E-state index contributed by atoms with van der Waals surface area (Å²) in [6.45, 7) is 1.99. The lowest BCUT2D eigenvalue weighted by molar-refractivity contribution is 0.580. The molecule has 23 heavy (non-hydrogen) atoms. The van der Waals surface area contributed by atoms with Gasteiger partial charge in [-0.1, -0.05) is 23.7 Å². The lowest BCUT2D eigenvalue weighted by Crippen LogP contribution is -2.23. The molecule has 120 valence electrons. The number of aryl methyl sites for hydroxylation is 1. The minimum Gasteiger partial charge on any atom is -0.462 e. The first kappa shape index (κ1) is 16.2. The zero-order valence-electron chi connectivity index (χ0n) is 12.1. The Labute approximate surface area is 143 Å². The summed E-state index contributed by atoms with van der Waals surface area (Å²) in [5, 5.41) is 0.914. The van der Waals surface area contributed by atoms with Crippen LogP contribution >= 0.6 is 22.9 Å². The molecule has 8 heteroatoms. The Kier molecular flexibility index (Phi) is 4.54. The predicted molar refractivity (Wildman–Crippen MR) is 90.0 cm³/mol. The van der Waals surface area contributed by atoms with E-state index in [4.69, 9.17) is 16.0 Å². The highest BCUT2D eigenvalue weighted by atomic mass is 35.5. The number of nitrogens with zero attached hydrogens (tertiary/aromatic N) is 1. The lowest BCUT2D eigenvalue weighted by Gasteiger charge is -2.07. The van der Waals surface area contributed by atoms with Gasteiger partial charge in [-0.25, -0.2) is 18.1 Å². The largest absolute Gasteiger partial charge is 0.462 e. The molecule has 2 heterocycles. The first-order valence-corrected chi connectivity index (χ1v) is 9.39. The van der Waals surface area contributed by atoms with E-state index < -0.39 is 10.0 Å². The van der Waals surface area contributed by atoms with Crippen LogP contribution in [0.15, 0.2) is 52.0 Å². The van der Waals surface area contributed by atoms with Gasteiger partial charge in [0.25, 0.3) is 0 Å². The molecule has 0 spiro atoms. The van der Waals surface area contributed by atoms with Gasteiger partial charge in [0, 0.05) is 11.4 Å². The molecule has 3 aromatic rings. The van der Waals surface area contributed by atoms with E-state index in [1.54, 1.807) is 30.5 Å². The summed E-state index contributed by atoms with van der Waals surface area (Å²) in [6.07, 6.45) is 1.58. The van der Waals surface area contributed by atoms with Crippen molar-refractivity contribution < 1.29 is 12.8 Å². The van der Waals surface area contributed by atoms with E-state index in [1.165, 1.54) is 17.4 Å². The molecule has 1 aromatic carbocycles. The maximum Gasteiger partial charge on any atom is 0.242 e. The van der Waals surface area contributed by atoms with Gasteiger partial charge >= 0.3 is 0 Å². The molecule has 0 bridgehead atoms. The molecule has 3 rings (SSSR count). The Hall–Kier alpha value is -1.67. The van der Waals surface area contributed by atoms with E-state index in [2.05, 4.69) is 9.71 Å². The summed E-state index contributed by atoms with van der Waals surface area (Å²) in [5.41, 5.74) is 0.767. The predicted octanol–water partition coefficient (Wildman–Crippen LogP) is 3.84. The monoisotopic (exact) mass is 368 g/mol. The van der Waals surface area contributed by atoms with Crippen molar-refractivity contribution in [3.05, 3.63) is 58.3 Å². The van der Waals surface area contributed by atoms with Crippen LogP contribution in [0, 0.1) is 6.92 Å². The van der Waals surface area contributed by atoms with Gasteiger partial charge in [-0.3, -0.25) is 0 Å². The molecule has 0 aliphatic carbocycles. The first-order chi connectivity index (χ1) is 11.0. The number of furan rings is 1. The molecule has 0 fully saturated rings. The molecule has 0 unspecified atom stereocenters. The molecular formula is C15H13ClN2O3S2. The van der Waals surface area contributed by atoms with Gasteiger partial charge < -0.3 is 4.42 Å². The van der Waals surface area contributed by atoms with Crippen molar-refractivity contribution in [1.82, 2.24) is 9.71 Å². The van der Waals surface area contributed by atoms with Crippen LogP contribution in [-0.2, 0) is 16.6 Å². The van der Waals surface area contributed by atoms with Gasteiger partial charge in [-0.15, -0.1) is 11.3 Å². The molecule has 1 N–H and O–H groups in total. The van der Waals surface area contributed by atoms with Crippen LogP contribution in [0.4, 0.5) is 0 Å². The number of nitrogens with one attached hydrogen (secondary N) is 1. The Bertz CT molecular complexity index is 918. The SMILES string of the molecule is Cc1nc(-c2ccco2)sc1CNS(=O)(=O)c1ccccc1Cl. The number of aromatic nitrogens is 1. The van der Waals surface area contributed by atoms with Gasteiger partial charge in [0.2, 0.25) is 10.0 Å². The highest BCUT2D eigenvalue weighted by Gasteiger charge is 2.19. The molecule has 5 nitrogen and oxygen atoms in total. The standard InChI is InChI=1S/C15H13ClN2O3S2/c1-10-13(22-15(18-10)12-6-4-8-21-12)9-17-23(19,20)14-7-3-2-5-11(14)16/h2-8,17H,9H2,1H3. The molecule has 0 radical (unpaired) electrons. The summed E-state index contributed by atoms with van der Waals surface area (Å²) < 4.78 is 32.6. The lowest BCUT2D eigenvalue weighted by atomic mass is 10.4. The van der Waals surface area contributed by atoms with Crippen molar-refractivity contribution in [2.75, 3.05) is 0 Å². The average molecular weight is 369 g/mol. The topological polar surface area (TPSA) is 72.2 Å². The Morgan fingerprint density at radius 2 is 2.04 bits per heavy atom. The number of rotatable bonds is 5. The number of thiazole rings is 1. The minimum atomic E-state index is -3.68. The van der Waals surface area contributed by atoms with Crippen molar-refractivity contribution in [3.63, 3.8) is 0 Å². The Balaban J connectivity index is 1.80. The summed E-state index contributed by atoms with van der Waals surface area (Å²) >= 11 is 7.34. The summed E-state index contributed by atoms with van der Waals surface area (Å²) in [5.74, 6) is 0.665. The third kappa shape index (κ3) is 3.48. The van der Waals surface area contributed by atoms with E-state index in [9.17, 15) is 8.42 Å². The van der Waals surface area contributed by atoms with Crippen molar-refractivity contribution >= 4 is 33.0 Å². The van der Waals surface area contributed by atoms with Crippen LogP contribution < -0.4 is 4.72 Å². The number of hydrogen-bond acceptors (Lipinski definition) is 5. The quantitative estimate of drug-likeness (QED) is 0.742. The van der Waals surface area contributed by atoms with Crippen molar-refractivity contribution in [1.29, 1.82) is 0 Å². The molecular weight excluding hydrogens is 356 g/mol. The molecule has 0 saturated heterocycles. The number of halogens is 1. The Morgan fingerprint density at radius 3 is 2.74 bits per heavy atom. The van der Waals surface area contributed by atoms with Crippen LogP contribution in [0.2, 0.25) is 5.02 Å². The summed E-state index contributed by atoms with van der Waals surface area (Å²) in [6, 6.07) is 9.93. The number of sulfonamides is 1. The fourth-order valence-electron chi connectivity index (χ4n) is 2.00. The third-order valence-corrected chi connectivity index (χ3v) is 6.25. The third-order valence-electron chi connectivity index (χ3n) is 3.17. The summed E-state index contributed by atoms with van der Waals surface area (Å²) in [7, 11) is -3.68. The number of benzene rings is 1. The fourth-order valence-corrected chi connectivity index (χ4v) is 4.57.